The number of carbonyl (C=O) groups is 1. The zero-order chi connectivity index (χ0) is 15.5. The molecule has 0 aromatic carbocycles. The van der Waals surface area contributed by atoms with Crippen LogP contribution in [0.4, 0.5) is 0 Å². The summed E-state index contributed by atoms with van der Waals surface area (Å²) in [5.41, 5.74) is 0.637. The molecule has 0 radical (unpaired) electrons. The summed E-state index contributed by atoms with van der Waals surface area (Å²) in [5.74, 6) is 3.85. The zero-order valence-corrected chi connectivity index (χ0v) is 14.2. The van der Waals surface area contributed by atoms with E-state index >= 15 is 0 Å². The molecule has 22 heavy (non-hydrogen) atoms. The van der Waals surface area contributed by atoms with Crippen LogP contribution in [0.25, 0.3) is 0 Å². The molecule has 4 atom stereocenters. The average Bonchev–Trinajstić information content (AvgIpc) is 2.87. The van der Waals surface area contributed by atoms with Crippen molar-refractivity contribution < 1.29 is 4.79 Å². The smallest absolute Gasteiger partial charge is 0.243 e. The molecule has 0 spiro atoms. The van der Waals surface area contributed by atoms with Gasteiger partial charge in [0, 0.05) is 5.54 Å². The highest BCUT2D eigenvalue weighted by Gasteiger charge is 2.64. The lowest BCUT2D eigenvalue weighted by Crippen LogP contribution is -2.71. The van der Waals surface area contributed by atoms with Crippen molar-refractivity contribution in [3.8, 4) is 0 Å². The highest BCUT2D eigenvalue weighted by atomic mass is 16.1. The third kappa shape index (κ3) is 1.95. The van der Waals surface area contributed by atoms with Crippen LogP contribution in [0.15, 0.2) is 12.7 Å². The topological polar surface area (TPSA) is 29.1 Å². The molecule has 5 rings (SSSR count). The maximum atomic E-state index is 12.3. The van der Waals surface area contributed by atoms with Crippen molar-refractivity contribution in [2.45, 2.75) is 70.8 Å². The van der Waals surface area contributed by atoms with E-state index in [0.29, 0.717) is 23.2 Å². The van der Waals surface area contributed by atoms with Crippen molar-refractivity contribution >= 4 is 5.91 Å². The predicted octanol–water partition coefficient (Wildman–Crippen LogP) is 4.31. The number of nitrogens with one attached hydrogen (secondary N) is 1. The molecule has 2 heteroatoms. The van der Waals surface area contributed by atoms with Crippen LogP contribution >= 0.6 is 0 Å². The van der Waals surface area contributed by atoms with Crippen LogP contribution in [-0.4, -0.2) is 11.4 Å². The van der Waals surface area contributed by atoms with Crippen LogP contribution in [0.2, 0.25) is 0 Å². The summed E-state index contributed by atoms with van der Waals surface area (Å²) >= 11 is 0. The predicted molar refractivity (Wildman–Crippen MR) is 89.2 cm³/mol. The molecule has 0 saturated heterocycles. The van der Waals surface area contributed by atoms with Crippen molar-refractivity contribution in [3.63, 3.8) is 0 Å². The van der Waals surface area contributed by atoms with Crippen LogP contribution < -0.4 is 5.32 Å². The molecule has 0 aliphatic heterocycles. The molecule has 1 N–H and O–H groups in total. The summed E-state index contributed by atoms with van der Waals surface area (Å²) in [6.07, 6.45) is 12.3. The van der Waals surface area contributed by atoms with Gasteiger partial charge < -0.3 is 5.32 Å². The Morgan fingerprint density at radius 1 is 1.18 bits per heavy atom. The Hall–Kier alpha value is -0.790. The minimum Gasteiger partial charge on any atom is -0.346 e. The lowest BCUT2D eigenvalue weighted by Gasteiger charge is -2.67. The van der Waals surface area contributed by atoms with Crippen molar-refractivity contribution in [2.24, 2.45) is 35.0 Å². The van der Waals surface area contributed by atoms with E-state index in [1.54, 1.807) is 0 Å². The van der Waals surface area contributed by atoms with E-state index in [9.17, 15) is 4.79 Å². The summed E-state index contributed by atoms with van der Waals surface area (Å²) in [6, 6.07) is 0. The molecule has 5 aliphatic rings. The first-order valence-electron chi connectivity index (χ1n) is 9.41. The van der Waals surface area contributed by atoms with Crippen LogP contribution in [-0.2, 0) is 4.79 Å². The fraction of sp³-hybridized carbons (Fsp3) is 0.850. The largest absolute Gasteiger partial charge is 0.346 e. The van der Waals surface area contributed by atoms with Crippen LogP contribution in [0.5, 0.6) is 0 Å². The number of hydrogen-bond donors (Lipinski definition) is 1. The monoisotopic (exact) mass is 301 g/mol. The summed E-state index contributed by atoms with van der Waals surface area (Å²) in [7, 11) is 0. The standard InChI is InChI=1S/C20H31NO/c1-4-18(22)21-20(17-7-5-6-13(17)2)15-8-14-9-16(20)12-19(3,10-14)11-15/h4,13-17H,1,5-12H2,2-3H3,(H,21,22). The lowest BCUT2D eigenvalue weighted by atomic mass is 9.41. The summed E-state index contributed by atoms with van der Waals surface area (Å²) in [6.45, 7) is 8.65. The molecule has 4 unspecified atom stereocenters. The molecule has 0 heterocycles. The van der Waals surface area contributed by atoms with Crippen molar-refractivity contribution in [3.05, 3.63) is 12.7 Å². The van der Waals surface area contributed by atoms with Crippen molar-refractivity contribution in [2.75, 3.05) is 0 Å². The van der Waals surface area contributed by atoms with Gasteiger partial charge in [0.1, 0.15) is 0 Å². The second-order valence-corrected chi connectivity index (χ2v) is 9.30. The second-order valence-electron chi connectivity index (χ2n) is 9.30. The molecule has 122 valence electrons. The molecule has 5 saturated carbocycles. The number of rotatable bonds is 3. The second kappa shape index (κ2) is 4.85. The van der Waals surface area contributed by atoms with E-state index in [0.717, 1.165) is 11.8 Å². The molecule has 2 nitrogen and oxygen atoms in total. The van der Waals surface area contributed by atoms with Crippen LogP contribution in [0, 0.1) is 35.0 Å². The summed E-state index contributed by atoms with van der Waals surface area (Å²) in [5, 5.41) is 3.56. The highest BCUT2D eigenvalue weighted by Crippen LogP contribution is 2.66. The number of amides is 1. The minimum atomic E-state index is 0.0664. The molecule has 4 bridgehead atoms. The van der Waals surface area contributed by atoms with E-state index in [4.69, 9.17) is 0 Å². The van der Waals surface area contributed by atoms with Crippen LogP contribution in [0.3, 0.4) is 0 Å². The fourth-order valence-electron chi connectivity index (χ4n) is 7.45. The Morgan fingerprint density at radius 3 is 2.36 bits per heavy atom. The first-order chi connectivity index (χ1) is 10.5. The highest BCUT2D eigenvalue weighted by molar-refractivity contribution is 5.87. The maximum Gasteiger partial charge on any atom is 0.243 e. The number of carbonyl (C=O) groups excluding carboxylic acids is 1. The molecule has 0 aromatic heterocycles. The normalized spacial score (nSPS) is 52.7. The van der Waals surface area contributed by atoms with E-state index < -0.39 is 0 Å². The SMILES string of the molecule is C=CC(=O)NC1(C2CCCC2C)C2CC3CC1CC(C)(C3)C2. The molecule has 1 amide bonds. The average molecular weight is 301 g/mol. The zero-order valence-electron chi connectivity index (χ0n) is 14.2. The van der Waals surface area contributed by atoms with Gasteiger partial charge >= 0.3 is 0 Å². The molecule has 5 aliphatic carbocycles. The third-order valence-electron chi connectivity index (χ3n) is 7.85. The first-order valence-corrected chi connectivity index (χ1v) is 9.41. The van der Waals surface area contributed by atoms with E-state index in [1.807, 2.05) is 0 Å². The molecule has 5 fully saturated rings. The Balaban J connectivity index is 1.75. The summed E-state index contributed by atoms with van der Waals surface area (Å²) in [4.78, 5) is 12.3. The van der Waals surface area contributed by atoms with Gasteiger partial charge in [0.25, 0.3) is 0 Å². The van der Waals surface area contributed by atoms with E-state index in [1.165, 1.54) is 57.4 Å². The Morgan fingerprint density at radius 2 is 1.86 bits per heavy atom. The van der Waals surface area contributed by atoms with Gasteiger partial charge in [-0.1, -0.05) is 33.3 Å². The van der Waals surface area contributed by atoms with Gasteiger partial charge in [0.05, 0.1) is 0 Å². The van der Waals surface area contributed by atoms with Gasteiger partial charge in [0.15, 0.2) is 0 Å². The van der Waals surface area contributed by atoms with E-state index in [-0.39, 0.29) is 11.4 Å². The Kier molecular flexibility index (Phi) is 3.26. The maximum absolute atomic E-state index is 12.3. The first kappa shape index (κ1) is 14.8. The molecular weight excluding hydrogens is 270 g/mol. The summed E-state index contributed by atoms with van der Waals surface area (Å²) < 4.78 is 0. The van der Waals surface area contributed by atoms with Gasteiger partial charge in [-0.15, -0.1) is 0 Å². The molecular formula is C20H31NO. The fourth-order valence-corrected chi connectivity index (χ4v) is 7.45. The van der Waals surface area contributed by atoms with Gasteiger partial charge in [-0.2, -0.15) is 0 Å². The Bertz CT molecular complexity index is 480. The van der Waals surface area contributed by atoms with Crippen LogP contribution in [0.1, 0.15) is 65.2 Å². The molecule has 0 aromatic rings. The van der Waals surface area contributed by atoms with Gasteiger partial charge in [-0.05, 0) is 79.6 Å². The van der Waals surface area contributed by atoms with Gasteiger partial charge in [-0.3, -0.25) is 4.79 Å². The van der Waals surface area contributed by atoms with Crippen molar-refractivity contribution in [1.82, 2.24) is 5.32 Å². The number of hydrogen-bond acceptors (Lipinski definition) is 1. The quantitative estimate of drug-likeness (QED) is 0.773. The third-order valence-corrected chi connectivity index (χ3v) is 7.85. The van der Waals surface area contributed by atoms with Gasteiger partial charge in [0.2, 0.25) is 5.91 Å². The Labute approximate surface area is 135 Å². The minimum absolute atomic E-state index is 0.0664. The van der Waals surface area contributed by atoms with E-state index in [2.05, 4.69) is 25.7 Å². The van der Waals surface area contributed by atoms with Gasteiger partial charge in [-0.25, -0.2) is 0 Å². The van der Waals surface area contributed by atoms with Crippen molar-refractivity contribution in [1.29, 1.82) is 0 Å². The lowest BCUT2D eigenvalue weighted by molar-refractivity contribution is -0.152.